The highest BCUT2D eigenvalue weighted by Gasteiger charge is 2.52. The average Bonchev–Trinajstić information content (AvgIpc) is 3.07. The summed E-state index contributed by atoms with van der Waals surface area (Å²) in [5.74, 6) is 0. The summed E-state index contributed by atoms with van der Waals surface area (Å²) in [6.45, 7) is 11.4. The van der Waals surface area contributed by atoms with Crippen molar-refractivity contribution in [3.8, 4) is 0 Å². The monoisotopic (exact) mass is 339 g/mol. The van der Waals surface area contributed by atoms with Gasteiger partial charge in [0.1, 0.15) is 0 Å². The van der Waals surface area contributed by atoms with Crippen LogP contribution in [-0.2, 0) is 15.9 Å². The van der Waals surface area contributed by atoms with Crippen LogP contribution in [0.1, 0.15) is 39.3 Å². The number of rotatable bonds is 4. The summed E-state index contributed by atoms with van der Waals surface area (Å²) in [7, 11) is -0.334. The van der Waals surface area contributed by atoms with Gasteiger partial charge in [-0.25, -0.2) is 0 Å². The molecule has 132 valence electrons. The van der Waals surface area contributed by atoms with Gasteiger partial charge in [-0.3, -0.25) is 9.58 Å². The third-order valence-electron chi connectivity index (χ3n) is 5.71. The fraction of sp³-hybridized carbons (Fsp3) is 0.526. The molecule has 0 radical (unpaired) electrons. The van der Waals surface area contributed by atoms with Gasteiger partial charge in [-0.15, -0.1) is 0 Å². The number of hydrogen-bond donors (Lipinski definition) is 0. The van der Waals surface area contributed by atoms with Gasteiger partial charge in [-0.05, 0) is 33.3 Å². The number of likely N-dealkylation sites (tertiary alicyclic amines) is 1. The molecule has 2 saturated heterocycles. The van der Waals surface area contributed by atoms with Crippen LogP contribution in [0.15, 0.2) is 42.7 Å². The van der Waals surface area contributed by atoms with Crippen molar-refractivity contribution < 1.29 is 9.31 Å². The first-order valence-electron chi connectivity index (χ1n) is 9.00. The molecule has 2 aromatic rings. The molecule has 0 amide bonds. The van der Waals surface area contributed by atoms with Crippen LogP contribution in [0.5, 0.6) is 0 Å². The molecule has 1 aromatic carbocycles. The molecule has 2 aliphatic rings. The fourth-order valence-corrected chi connectivity index (χ4v) is 3.33. The number of benzene rings is 1. The Morgan fingerprint density at radius 3 is 2.36 bits per heavy atom. The van der Waals surface area contributed by atoms with E-state index in [2.05, 4.69) is 78.9 Å². The average molecular weight is 339 g/mol. The second kappa shape index (κ2) is 5.97. The Labute approximate surface area is 150 Å². The van der Waals surface area contributed by atoms with E-state index in [9.17, 15) is 0 Å². The molecule has 0 aliphatic carbocycles. The minimum absolute atomic E-state index is 0.317. The zero-order chi connectivity index (χ0) is 17.7. The van der Waals surface area contributed by atoms with E-state index in [1.807, 2.05) is 6.20 Å². The summed E-state index contributed by atoms with van der Waals surface area (Å²) in [6.07, 6.45) is 3.95. The summed E-state index contributed by atoms with van der Waals surface area (Å²) in [6, 6.07) is 11.0. The molecule has 3 heterocycles. The Bertz CT molecular complexity index is 722. The van der Waals surface area contributed by atoms with Crippen molar-refractivity contribution >= 4 is 12.6 Å². The van der Waals surface area contributed by atoms with Gasteiger partial charge < -0.3 is 9.31 Å². The molecule has 1 aromatic heterocycles. The predicted molar refractivity (Wildman–Crippen MR) is 98.7 cm³/mol. The van der Waals surface area contributed by atoms with Crippen molar-refractivity contribution in [2.45, 2.75) is 51.5 Å². The van der Waals surface area contributed by atoms with Gasteiger partial charge in [0.05, 0.1) is 17.2 Å². The van der Waals surface area contributed by atoms with Crippen molar-refractivity contribution in [2.24, 2.45) is 0 Å². The van der Waals surface area contributed by atoms with Crippen LogP contribution in [0.25, 0.3) is 0 Å². The summed E-state index contributed by atoms with van der Waals surface area (Å²) >= 11 is 0. The maximum absolute atomic E-state index is 6.11. The van der Waals surface area contributed by atoms with Crippen LogP contribution >= 0.6 is 0 Å². The molecule has 0 spiro atoms. The highest BCUT2D eigenvalue weighted by Crippen LogP contribution is 2.36. The van der Waals surface area contributed by atoms with Crippen molar-refractivity contribution in [1.82, 2.24) is 14.7 Å². The van der Waals surface area contributed by atoms with Crippen molar-refractivity contribution in [2.75, 3.05) is 13.1 Å². The van der Waals surface area contributed by atoms with Crippen LogP contribution < -0.4 is 5.46 Å². The number of hydrogen-bond acceptors (Lipinski definition) is 4. The molecule has 4 rings (SSSR count). The van der Waals surface area contributed by atoms with E-state index in [4.69, 9.17) is 9.31 Å². The van der Waals surface area contributed by atoms with E-state index < -0.39 is 0 Å². The van der Waals surface area contributed by atoms with Crippen LogP contribution in [0, 0.1) is 0 Å². The smallest absolute Gasteiger partial charge is 0.399 e. The standard InChI is InChI=1S/C19H26BN3O2/c1-18(2)19(3,4)25-20(24-18)16-10-21-23(12-16)17-13-22(14-17)11-15-8-6-5-7-9-15/h5-10,12,17H,11,13-14H2,1-4H3. The summed E-state index contributed by atoms with van der Waals surface area (Å²) < 4.78 is 14.3. The second-order valence-corrected chi connectivity index (χ2v) is 8.18. The van der Waals surface area contributed by atoms with Gasteiger partial charge in [0.25, 0.3) is 0 Å². The second-order valence-electron chi connectivity index (χ2n) is 8.18. The van der Waals surface area contributed by atoms with E-state index in [0.29, 0.717) is 6.04 Å². The number of nitrogens with zero attached hydrogens (tertiary/aromatic N) is 3. The van der Waals surface area contributed by atoms with Gasteiger partial charge >= 0.3 is 7.12 Å². The zero-order valence-corrected chi connectivity index (χ0v) is 15.5. The largest absolute Gasteiger partial charge is 0.498 e. The predicted octanol–water partition coefficient (Wildman–Crippen LogP) is 2.24. The number of aromatic nitrogens is 2. The Hall–Kier alpha value is -1.63. The normalized spacial score (nSPS) is 23.0. The first-order chi connectivity index (χ1) is 11.8. The first kappa shape index (κ1) is 16.8. The van der Waals surface area contributed by atoms with Crippen molar-refractivity contribution in [3.05, 3.63) is 48.3 Å². The van der Waals surface area contributed by atoms with Gasteiger partial charge in [0, 0.05) is 37.5 Å². The lowest BCUT2D eigenvalue weighted by molar-refractivity contribution is 0.00578. The summed E-state index contributed by atoms with van der Waals surface area (Å²) in [4.78, 5) is 2.44. The Morgan fingerprint density at radius 2 is 1.72 bits per heavy atom. The highest BCUT2D eigenvalue weighted by molar-refractivity contribution is 6.62. The van der Waals surface area contributed by atoms with Gasteiger partial charge in [0.15, 0.2) is 0 Å². The summed E-state index contributed by atoms with van der Waals surface area (Å²) in [5, 5.41) is 4.55. The van der Waals surface area contributed by atoms with E-state index in [1.54, 1.807) is 0 Å². The molecular formula is C19H26BN3O2. The SMILES string of the molecule is CC1(C)OB(c2cnn(C3CN(Cc4ccccc4)C3)c2)OC1(C)C. The minimum Gasteiger partial charge on any atom is -0.399 e. The van der Waals surface area contributed by atoms with E-state index in [0.717, 1.165) is 25.1 Å². The molecule has 25 heavy (non-hydrogen) atoms. The maximum Gasteiger partial charge on any atom is 0.498 e. The Morgan fingerprint density at radius 1 is 1.08 bits per heavy atom. The molecule has 2 aliphatic heterocycles. The third-order valence-corrected chi connectivity index (χ3v) is 5.71. The molecule has 0 N–H and O–H groups in total. The Balaban J connectivity index is 1.36. The molecule has 5 nitrogen and oxygen atoms in total. The highest BCUT2D eigenvalue weighted by atomic mass is 16.7. The van der Waals surface area contributed by atoms with Crippen LogP contribution in [0.2, 0.25) is 0 Å². The van der Waals surface area contributed by atoms with E-state index in [-0.39, 0.29) is 18.3 Å². The minimum atomic E-state index is -0.334. The Kier molecular flexibility index (Phi) is 4.02. The van der Waals surface area contributed by atoms with Crippen molar-refractivity contribution in [1.29, 1.82) is 0 Å². The van der Waals surface area contributed by atoms with Crippen LogP contribution in [-0.4, -0.2) is 46.1 Å². The molecular weight excluding hydrogens is 313 g/mol. The lowest BCUT2D eigenvalue weighted by Gasteiger charge is -2.39. The molecule has 0 saturated carbocycles. The molecule has 2 fully saturated rings. The molecule has 6 heteroatoms. The fourth-order valence-electron chi connectivity index (χ4n) is 3.33. The lowest BCUT2D eigenvalue weighted by atomic mass is 9.82. The van der Waals surface area contributed by atoms with Gasteiger partial charge in [0.2, 0.25) is 0 Å². The molecule has 0 atom stereocenters. The summed E-state index contributed by atoms with van der Waals surface area (Å²) in [5.41, 5.74) is 1.73. The van der Waals surface area contributed by atoms with Gasteiger partial charge in [-0.2, -0.15) is 5.10 Å². The van der Waals surface area contributed by atoms with Crippen LogP contribution in [0.4, 0.5) is 0 Å². The maximum atomic E-state index is 6.11. The third kappa shape index (κ3) is 3.14. The topological polar surface area (TPSA) is 39.5 Å². The first-order valence-corrected chi connectivity index (χ1v) is 9.00. The molecule has 0 unspecified atom stereocenters. The quantitative estimate of drug-likeness (QED) is 0.801. The van der Waals surface area contributed by atoms with Gasteiger partial charge in [-0.1, -0.05) is 30.3 Å². The van der Waals surface area contributed by atoms with Crippen molar-refractivity contribution in [3.63, 3.8) is 0 Å². The lowest BCUT2D eigenvalue weighted by Crippen LogP contribution is -2.47. The van der Waals surface area contributed by atoms with Crippen LogP contribution in [0.3, 0.4) is 0 Å². The zero-order valence-electron chi connectivity index (χ0n) is 15.5. The molecule has 0 bridgehead atoms. The van der Waals surface area contributed by atoms with E-state index >= 15 is 0 Å². The van der Waals surface area contributed by atoms with E-state index in [1.165, 1.54) is 5.56 Å².